The molecule has 2 rings (SSSR count). The molecule has 2 N–H and O–H groups in total. The zero-order valence-electron chi connectivity index (χ0n) is 15.0. The summed E-state index contributed by atoms with van der Waals surface area (Å²) in [6.07, 6.45) is -0.536. The molecular weight excluding hydrogens is 326 g/mol. The van der Waals surface area contributed by atoms with Crippen molar-refractivity contribution in [1.82, 2.24) is 4.90 Å². The Labute approximate surface area is 147 Å². The van der Waals surface area contributed by atoms with Gasteiger partial charge < -0.3 is 24.6 Å². The number of amides is 1. The van der Waals surface area contributed by atoms with Gasteiger partial charge in [0.25, 0.3) is 0 Å². The Balaban J connectivity index is 2.00. The van der Waals surface area contributed by atoms with Gasteiger partial charge in [-0.15, -0.1) is 0 Å². The Morgan fingerprint density at radius 1 is 1.24 bits per heavy atom. The SMILES string of the molecule is CC(C)(C)OC(=O)N1CC[C@H](Oc2ccc(C(=O)O)cc2)[C@@](C)(O)C1. The summed E-state index contributed by atoms with van der Waals surface area (Å²) in [5.41, 5.74) is -1.68. The summed E-state index contributed by atoms with van der Waals surface area (Å²) in [4.78, 5) is 24.5. The fourth-order valence-corrected chi connectivity index (χ4v) is 2.66. The first-order valence-electron chi connectivity index (χ1n) is 8.18. The summed E-state index contributed by atoms with van der Waals surface area (Å²) in [6.45, 7) is 7.49. The molecule has 0 spiro atoms. The number of benzene rings is 1. The van der Waals surface area contributed by atoms with E-state index in [1.807, 2.05) is 0 Å². The lowest BCUT2D eigenvalue weighted by atomic mass is 9.91. The van der Waals surface area contributed by atoms with Crippen LogP contribution < -0.4 is 4.74 Å². The number of hydrogen-bond donors (Lipinski definition) is 2. The van der Waals surface area contributed by atoms with Crippen LogP contribution in [0.3, 0.4) is 0 Å². The molecule has 1 aliphatic rings. The van der Waals surface area contributed by atoms with Crippen LogP contribution in [0, 0.1) is 0 Å². The van der Waals surface area contributed by atoms with E-state index in [4.69, 9.17) is 14.6 Å². The normalized spacial score (nSPS) is 23.9. The lowest BCUT2D eigenvalue weighted by molar-refractivity contribution is -0.0978. The van der Waals surface area contributed by atoms with Crippen LogP contribution in [-0.2, 0) is 4.74 Å². The number of hydrogen-bond acceptors (Lipinski definition) is 5. The number of aromatic carboxylic acids is 1. The third-order valence-electron chi connectivity index (χ3n) is 3.90. The number of carbonyl (C=O) groups is 2. The maximum Gasteiger partial charge on any atom is 0.410 e. The smallest absolute Gasteiger partial charge is 0.410 e. The zero-order valence-corrected chi connectivity index (χ0v) is 15.0. The number of aliphatic hydroxyl groups is 1. The minimum atomic E-state index is -1.25. The van der Waals surface area contributed by atoms with E-state index in [-0.39, 0.29) is 12.1 Å². The van der Waals surface area contributed by atoms with Gasteiger partial charge in [0, 0.05) is 13.0 Å². The number of carboxylic acids is 1. The van der Waals surface area contributed by atoms with E-state index < -0.39 is 29.4 Å². The van der Waals surface area contributed by atoms with E-state index in [1.165, 1.54) is 17.0 Å². The van der Waals surface area contributed by atoms with Crippen LogP contribution in [0.25, 0.3) is 0 Å². The number of carboxylic acid groups (broad SMARTS) is 1. The highest BCUT2D eigenvalue weighted by Crippen LogP contribution is 2.27. The average molecular weight is 351 g/mol. The Bertz CT molecular complexity index is 632. The van der Waals surface area contributed by atoms with Gasteiger partial charge >= 0.3 is 12.1 Å². The van der Waals surface area contributed by atoms with Crippen LogP contribution in [0.5, 0.6) is 5.75 Å². The molecule has 0 aromatic heterocycles. The first-order valence-corrected chi connectivity index (χ1v) is 8.18. The second kappa shape index (κ2) is 6.92. The first-order chi connectivity index (χ1) is 11.5. The molecule has 7 nitrogen and oxygen atoms in total. The molecule has 1 saturated heterocycles. The van der Waals surface area contributed by atoms with Crippen molar-refractivity contribution >= 4 is 12.1 Å². The van der Waals surface area contributed by atoms with Crippen molar-refractivity contribution in [1.29, 1.82) is 0 Å². The van der Waals surface area contributed by atoms with Crippen molar-refractivity contribution in [3.63, 3.8) is 0 Å². The molecule has 1 aromatic rings. The number of carbonyl (C=O) groups excluding carboxylic acids is 1. The van der Waals surface area contributed by atoms with Crippen molar-refractivity contribution in [3.05, 3.63) is 29.8 Å². The summed E-state index contributed by atoms with van der Waals surface area (Å²) >= 11 is 0. The molecule has 1 aliphatic heterocycles. The van der Waals surface area contributed by atoms with Crippen molar-refractivity contribution < 1.29 is 29.3 Å². The quantitative estimate of drug-likeness (QED) is 0.869. The average Bonchev–Trinajstić information content (AvgIpc) is 2.47. The highest BCUT2D eigenvalue weighted by atomic mass is 16.6. The van der Waals surface area contributed by atoms with Crippen molar-refractivity contribution in [2.24, 2.45) is 0 Å². The summed E-state index contributed by atoms with van der Waals surface area (Å²) < 4.78 is 11.2. The zero-order chi connectivity index (χ0) is 18.8. The third-order valence-corrected chi connectivity index (χ3v) is 3.90. The maximum atomic E-state index is 12.2. The molecular formula is C18H25NO6. The van der Waals surface area contributed by atoms with Crippen LogP contribution in [0.4, 0.5) is 4.79 Å². The van der Waals surface area contributed by atoms with Crippen LogP contribution in [-0.4, -0.2) is 57.6 Å². The van der Waals surface area contributed by atoms with Gasteiger partial charge in [0.05, 0.1) is 12.1 Å². The molecule has 0 bridgehead atoms. The van der Waals surface area contributed by atoms with E-state index in [0.29, 0.717) is 18.7 Å². The molecule has 1 aromatic carbocycles. The molecule has 0 radical (unpaired) electrons. The van der Waals surface area contributed by atoms with E-state index in [0.717, 1.165) is 0 Å². The number of piperidine rings is 1. The first kappa shape index (κ1) is 19.1. The Morgan fingerprint density at radius 2 is 1.84 bits per heavy atom. The van der Waals surface area contributed by atoms with Crippen LogP contribution in [0.2, 0.25) is 0 Å². The van der Waals surface area contributed by atoms with Gasteiger partial charge in [0.2, 0.25) is 0 Å². The highest BCUT2D eigenvalue weighted by Gasteiger charge is 2.42. The fraction of sp³-hybridized carbons (Fsp3) is 0.556. The maximum absolute atomic E-state index is 12.2. The molecule has 1 amide bonds. The van der Waals surface area contributed by atoms with E-state index >= 15 is 0 Å². The van der Waals surface area contributed by atoms with Crippen molar-refractivity contribution in [2.45, 2.75) is 51.4 Å². The summed E-state index contributed by atoms with van der Waals surface area (Å²) in [5, 5.41) is 19.6. The molecule has 0 aliphatic carbocycles. The molecule has 138 valence electrons. The monoisotopic (exact) mass is 351 g/mol. The molecule has 7 heteroatoms. The van der Waals surface area contributed by atoms with Crippen molar-refractivity contribution in [2.75, 3.05) is 13.1 Å². The largest absolute Gasteiger partial charge is 0.487 e. The second-order valence-corrected chi connectivity index (χ2v) is 7.48. The number of nitrogens with zero attached hydrogens (tertiary/aromatic N) is 1. The summed E-state index contributed by atoms with van der Waals surface area (Å²) in [6, 6.07) is 6.00. The topological polar surface area (TPSA) is 96.3 Å². The molecule has 0 unspecified atom stereocenters. The fourth-order valence-electron chi connectivity index (χ4n) is 2.66. The summed E-state index contributed by atoms with van der Waals surface area (Å²) in [7, 11) is 0. The summed E-state index contributed by atoms with van der Waals surface area (Å²) in [5.74, 6) is -0.537. The number of rotatable bonds is 3. The van der Waals surface area contributed by atoms with Crippen molar-refractivity contribution in [3.8, 4) is 5.75 Å². The lowest BCUT2D eigenvalue weighted by Crippen LogP contribution is -2.58. The molecule has 2 atom stereocenters. The molecule has 0 saturated carbocycles. The highest BCUT2D eigenvalue weighted by molar-refractivity contribution is 5.87. The van der Waals surface area contributed by atoms with E-state index in [2.05, 4.69) is 0 Å². The van der Waals surface area contributed by atoms with E-state index in [1.54, 1.807) is 39.8 Å². The Morgan fingerprint density at radius 3 is 2.32 bits per heavy atom. The van der Waals surface area contributed by atoms with Crippen LogP contribution in [0.1, 0.15) is 44.5 Å². The Hall–Kier alpha value is -2.28. The van der Waals surface area contributed by atoms with Gasteiger partial charge in [-0.05, 0) is 52.0 Å². The minimum absolute atomic E-state index is 0.0970. The molecule has 1 fully saturated rings. The number of likely N-dealkylation sites (tertiary alicyclic amines) is 1. The molecule has 25 heavy (non-hydrogen) atoms. The van der Waals surface area contributed by atoms with Gasteiger partial charge in [0.1, 0.15) is 23.1 Å². The van der Waals surface area contributed by atoms with E-state index in [9.17, 15) is 14.7 Å². The molecule has 1 heterocycles. The number of ether oxygens (including phenoxy) is 2. The van der Waals surface area contributed by atoms with Crippen LogP contribution >= 0.6 is 0 Å². The van der Waals surface area contributed by atoms with Crippen LogP contribution in [0.15, 0.2) is 24.3 Å². The standard InChI is InChI=1S/C18H25NO6/c1-17(2,3)25-16(22)19-10-9-14(18(4,23)11-19)24-13-7-5-12(6-8-13)15(20)21/h5-8,14,23H,9-11H2,1-4H3,(H,20,21)/t14-,18-/m0/s1. The van der Waals surface area contributed by atoms with Gasteiger partial charge in [-0.1, -0.05) is 0 Å². The Kier molecular flexibility index (Phi) is 5.27. The van der Waals surface area contributed by atoms with Gasteiger partial charge in [-0.3, -0.25) is 0 Å². The van der Waals surface area contributed by atoms with Gasteiger partial charge in [-0.2, -0.15) is 0 Å². The second-order valence-electron chi connectivity index (χ2n) is 7.48. The van der Waals surface area contributed by atoms with Gasteiger partial charge in [-0.25, -0.2) is 9.59 Å². The predicted molar refractivity (Wildman–Crippen MR) is 90.9 cm³/mol. The minimum Gasteiger partial charge on any atom is -0.487 e. The number of β-amino-alcohol motifs (C(OH)–C–C–N with tert-alkyl or cyclic N) is 1. The third kappa shape index (κ3) is 5.09. The van der Waals surface area contributed by atoms with Gasteiger partial charge in [0.15, 0.2) is 0 Å². The lowest BCUT2D eigenvalue weighted by Gasteiger charge is -2.42. The predicted octanol–water partition coefficient (Wildman–Crippen LogP) is 2.52.